The highest BCUT2D eigenvalue weighted by molar-refractivity contribution is 6.03. The molecule has 0 spiro atoms. The lowest BCUT2D eigenvalue weighted by atomic mass is 10.0. The summed E-state index contributed by atoms with van der Waals surface area (Å²) < 4.78 is 82.7. The van der Waals surface area contributed by atoms with E-state index < -0.39 is 41.0 Å². The van der Waals surface area contributed by atoms with Crippen LogP contribution in [0.3, 0.4) is 0 Å². The molecule has 0 radical (unpaired) electrons. The third-order valence-electron chi connectivity index (χ3n) is 4.01. The van der Waals surface area contributed by atoms with Crippen LogP contribution in [0.5, 0.6) is 0 Å². The third-order valence-corrected chi connectivity index (χ3v) is 4.01. The van der Waals surface area contributed by atoms with Gasteiger partial charge in [-0.05, 0) is 30.7 Å². The smallest absolute Gasteiger partial charge is 0.407 e. The maximum Gasteiger partial charge on any atom is 0.416 e. The molecule has 0 fully saturated rings. The van der Waals surface area contributed by atoms with Gasteiger partial charge in [-0.25, -0.2) is 0 Å². The first-order valence-electron chi connectivity index (χ1n) is 8.40. The minimum absolute atomic E-state index is 0.0663. The Kier molecular flexibility index (Phi) is 5.55. The van der Waals surface area contributed by atoms with Crippen molar-refractivity contribution in [2.75, 3.05) is 5.32 Å². The van der Waals surface area contributed by atoms with Crippen molar-refractivity contribution >= 4 is 11.9 Å². The lowest BCUT2D eigenvalue weighted by molar-refractivity contribution is -0.143. The van der Waals surface area contributed by atoms with E-state index in [0.717, 1.165) is 11.1 Å². The highest BCUT2D eigenvalue weighted by Gasteiger charge is 2.37. The van der Waals surface area contributed by atoms with E-state index in [1.54, 1.807) is 0 Å². The molecule has 11 heteroatoms. The van der Waals surface area contributed by atoms with E-state index in [2.05, 4.69) is 10.2 Å². The summed E-state index contributed by atoms with van der Waals surface area (Å²) in [5, 5.41) is 9.26. The highest BCUT2D eigenvalue weighted by atomic mass is 19.4. The largest absolute Gasteiger partial charge is 0.416 e. The average Bonchev–Trinajstić information content (AvgIpc) is 3.08. The van der Waals surface area contributed by atoms with Crippen LogP contribution in [-0.2, 0) is 18.8 Å². The van der Waals surface area contributed by atoms with Crippen LogP contribution >= 0.6 is 0 Å². The van der Waals surface area contributed by atoms with Crippen molar-refractivity contribution in [2.24, 2.45) is 0 Å². The maximum absolute atomic E-state index is 12.9. The second kappa shape index (κ2) is 7.81. The SMILES string of the molecule is Cc1ccc(Cc2nnc(NC(=O)c3cc(C(F)(F)F)cc(C(F)(F)F)c3)o2)cc1. The predicted octanol–water partition coefficient (Wildman–Crippen LogP) is 5.26. The van der Waals surface area contributed by atoms with Crippen molar-refractivity contribution < 1.29 is 35.6 Å². The fourth-order valence-electron chi connectivity index (χ4n) is 2.51. The molecule has 158 valence electrons. The van der Waals surface area contributed by atoms with E-state index in [-0.39, 0.29) is 18.4 Å². The van der Waals surface area contributed by atoms with E-state index in [9.17, 15) is 31.1 Å². The zero-order valence-electron chi connectivity index (χ0n) is 15.2. The lowest BCUT2D eigenvalue weighted by Gasteiger charge is -2.13. The van der Waals surface area contributed by atoms with Crippen molar-refractivity contribution in [1.82, 2.24) is 10.2 Å². The summed E-state index contributed by atoms with van der Waals surface area (Å²) in [5.74, 6) is -1.15. The molecular weight excluding hydrogens is 416 g/mol. The number of alkyl halides is 6. The van der Waals surface area contributed by atoms with Crippen LogP contribution in [0, 0.1) is 6.92 Å². The second-order valence-corrected chi connectivity index (χ2v) is 6.41. The van der Waals surface area contributed by atoms with Crippen molar-refractivity contribution in [3.8, 4) is 0 Å². The van der Waals surface area contributed by atoms with Crippen LogP contribution in [-0.4, -0.2) is 16.1 Å². The van der Waals surface area contributed by atoms with Crippen LogP contribution < -0.4 is 5.32 Å². The Balaban J connectivity index is 1.80. The van der Waals surface area contributed by atoms with Gasteiger partial charge in [-0.15, -0.1) is 5.10 Å². The zero-order valence-corrected chi connectivity index (χ0v) is 15.2. The molecule has 1 heterocycles. The van der Waals surface area contributed by atoms with E-state index >= 15 is 0 Å². The summed E-state index contributed by atoms with van der Waals surface area (Å²) in [6.07, 6.45) is -9.91. The van der Waals surface area contributed by atoms with Gasteiger partial charge in [-0.2, -0.15) is 26.3 Å². The third kappa shape index (κ3) is 5.16. The molecular formula is C19H13F6N3O2. The molecule has 1 amide bonds. The Morgan fingerprint density at radius 1 is 0.933 bits per heavy atom. The van der Waals surface area contributed by atoms with Crippen molar-refractivity contribution in [2.45, 2.75) is 25.7 Å². The number of anilines is 1. The van der Waals surface area contributed by atoms with Gasteiger partial charge in [0.15, 0.2) is 0 Å². The topological polar surface area (TPSA) is 68.0 Å². The molecule has 5 nitrogen and oxygen atoms in total. The van der Waals surface area contributed by atoms with Crippen LogP contribution in [0.2, 0.25) is 0 Å². The molecule has 0 saturated carbocycles. The normalized spacial score (nSPS) is 12.1. The first-order valence-corrected chi connectivity index (χ1v) is 8.40. The Morgan fingerprint density at radius 2 is 1.50 bits per heavy atom. The van der Waals surface area contributed by atoms with Gasteiger partial charge in [0.2, 0.25) is 5.89 Å². The van der Waals surface area contributed by atoms with Gasteiger partial charge in [0.1, 0.15) is 0 Å². The molecule has 3 aromatic rings. The van der Waals surface area contributed by atoms with E-state index in [4.69, 9.17) is 4.42 Å². The maximum atomic E-state index is 12.9. The summed E-state index contributed by atoms with van der Waals surface area (Å²) in [6.45, 7) is 1.90. The van der Waals surface area contributed by atoms with Crippen molar-refractivity contribution in [3.05, 3.63) is 76.2 Å². The van der Waals surface area contributed by atoms with Gasteiger partial charge in [0.25, 0.3) is 5.91 Å². The first-order chi connectivity index (χ1) is 13.9. The first kappa shape index (κ1) is 21.3. The molecule has 0 aliphatic heterocycles. The van der Waals surface area contributed by atoms with Gasteiger partial charge < -0.3 is 4.42 Å². The number of carbonyl (C=O) groups is 1. The number of nitrogens with one attached hydrogen (secondary N) is 1. The number of hydrogen-bond donors (Lipinski definition) is 1. The van der Waals surface area contributed by atoms with E-state index in [1.807, 2.05) is 36.5 Å². The Morgan fingerprint density at radius 3 is 2.03 bits per heavy atom. The van der Waals surface area contributed by atoms with E-state index in [0.29, 0.717) is 12.1 Å². The molecule has 0 unspecified atom stereocenters. The van der Waals surface area contributed by atoms with Crippen LogP contribution in [0.4, 0.5) is 32.4 Å². The van der Waals surface area contributed by atoms with Crippen molar-refractivity contribution in [3.63, 3.8) is 0 Å². The molecule has 0 saturated heterocycles. The molecule has 3 rings (SSSR count). The fourth-order valence-corrected chi connectivity index (χ4v) is 2.51. The summed E-state index contributed by atoms with van der Waals surface area (Å²) in [5.41, 5.74) is -2.19. The summed E-state index contributed by atoms with van der Waals surface area (Å²) in [4.78, 5) is 12.2. The Bertz CT molecular complexity index is 1020. The van der Waals surface area contributed by atoms with Gasteiger partial charge >= 0.3 is 18.4 Å². The highest BCUT2D eigenvalue weighted by Crippen LogP contribution is 2.36. The fraction of sp³-hybridized carbons (Fsp3) is 0.211. The molecule has 2 aromatic carbocycles. The zero-order chi connectivity index (χ0) is 22.1. The number of nitrogens with zero attached hydrogens (tertiary/aromatic N) is 2. The molecule has 0 bridgehead atoms. The minimum atomic E-state index is -5.07. The Labute approximate surface area is 165 Å². The number of halogens is 6. The second-order valence-electron chi connectivity index (χ2n) is 6.41. The number of hydrogen-bond acceptors (Lipinski definition) is 4. The standard InChI is InChI=1S/C19H13F6N3O2/c1-10-2-4-11(5-3-10)6-15-27-28-17(30-15)26-16(29)12-7-13(18(20,21)22)9-14(8-12)19(23,24)25/h2-5,7-9H,6H2,1H3,(H,26,28,29). The number of carbonyl (C=O) groups excluding carboxylic acids is 1. The van der Waals surface area contributed by atoms with Crippen LogP contribution in [0.25, 0.3) is 0 Å². The molecule has 1 aromatic heterocycles. The summed E-state index contributed by atoms with van der Waals surface area (Å²) in [6, 6.07) is 7.47. The number of rotatable bonds is 4. The molecule has 30 heavy (non-hydrogen) atoms. The molecule has 1 N–H and O–H groups in total. The lowest BCUT2D eigenvalue weighted by Crippen LogP contribution is -2.17. The average molecular weight is 429 g/mol. The summed E-state index contributed by atoms with van der Waals surface area (Å²) >= 11 is 0. The molecule has 0 aliphatic carbocycles. The number of benzene rings is 2. The van der Waals surface area contributed by atoms with Crippen molar-refractivity contribution in [1.29, 1.82) is 0 Å². The van der Waals surface area contributed by atoms with Gasteiger partial charge in [-0.1, -0.05) is 34.9 Å². The van der Waals surface area contributed by atoms with E-state index in [1.165, 1.54) is 0 Å². The van der Waals surface area contributed by atoms with Gasteiger partial charge in [0.05, 0.1) is 17.5 Å². The minimum Gasteiger partial charge on any atom is -0.407 e. The monoisotopic (exact) mass is 429 g/mol. The van der Waals surface area contributed by atoms with Gasteiger partial charge in [0, 0.05) is 5.56 Å². The number of amides is 1. The molecule has 0 atom stereocenters. The Hall–Kier alpha value is -3.37. The summed E-state index contributed by atoms with van der Waals surface area (Å²) in [7, 11) is 0. The molecule has 0 aliphatic rings. The number of aryl methyl sites for hydroxylation is 1. The van der Waals surface area contributed by atoms with Crippen LogP contribution in [0.1, 0.15) is 38.5 Å². The predicted molar refractivity (Wildman–Crippen MR) is 92.7 cm³/mol. The van der Waals surface area contributed by atoms with Crippen LogP contribution in [0.15, 0.2) is 46.9 Å². The number of aromatic nitrogens is 2. The van der Waals surface area contributed by atoms with Gasteiger partial charge in [-0.3, -0.25) is 10.1 Å². The quantitative estimate of drug-likeness (QED) is 0.575.